The Kier molecular flexibility index (Phi) is 3.61. The van der Waals surface area contributed by atoms with Crippen molar-refractivity contribution in [2.75, 3.05) is 0 Å². The van der Waals surface area contributed by atoms with E-state index in [1.165, 1.54) is 0 Å². The van der Waals surface area contributed by atoms with E-state index in [1.807, 2.05) is 18.2 Å². The Hall–Kier alpha value is -2.31. The van der Waals surface area contributed by atoms with E-state index in [1.54, 1.807) is 37.3 Å². The molecule has 1 unspecified atom stereocenters. The first-order valence-corrected chi connectivity index (χ1v) is 5.65. The number of nitriles is 1. The average Bonchev–Trinajstić information content (AvgIpc) is 2.39. The highest BCUT2D eigenvalue weighted by Crippen LogP contribution is 2.29. The number of nitrogens with zero attached hydrogens (tertiary/aromatic N) is 1. The summed E-state index contributed by atoms with van der Waals surface area (Å²) in [6.07, 6.45) is -0.597. The van der Waals surface area contributed by atoms with E-state index in [-0.39, 0.29) is 0 Å². The molecule has 0 heterocycles. The maximum atomic E-state index is 9.65. The summed E-state index contributed by atoms with van der Waals surface area (Å²) in [6.45, 7) is 1.69. The standard InChI is InChI=1S/C15H13NO2/c1-11(17)14-7-2-3-8-15(14)18-13-6-4-5-12(9-13)10-16/h2-9,11,17H,1H3. The molecule has 0 aromatic heterocycles. The molecule has 1 N–H and O–H groups in total. The summed E-state index contributed by atoms with van der Waals surface area (Å²) < 4.78 is 5.70. The molecule has 1 atom stereocenters. The molecule has 0 aliphatic carbocycles. The van der Waals surface area contributed by atoms with Crippen LogP contribution in [0.2, 0.25) is 0 Å². The minimum atomic E-state index is -0.597. The zero-order valence-electron chi connectivity index (χ0n) is 10.00. The Morgan fingerprint density at radius 3 is 2.67 bits per heavy atom. The van der Waals surface area contributed by atoms with Crippen molar-refractivity contribution in [3.63, 3.8) is 0 Å². The normalized spacial score (nSPS) is 11.6. The second-order valence-electron chi connectivity index (χ2n) is 3.96. The number of aliphatic hydroxyl groups excluding tert-OH is 1. The fourth-order valence-corrected chi connectivity index (χ4v) is 1.67. The van der Waals surface area contributed by atoms with Crippen molar-refractivity contribution in [2.45, 2.75) is 13.0 Å². The molecule has 0 fully saturated rings. The highest BCUT2D eigenvalue weighted by molar-refractivity contribution is 5.42. The first-order chi connectivity index (χ1) is 8.70. The summed E-state index contributed by atoms with van der Waals surface area (Å²) in [4.78, 5) is 0. The average molecular weight is 239 g/mol. The maximum Gasteiger partial charge on any atom is 0.133 e. The van der Waals surface area contributed by atoms with Crippen LogP contribution in [0.3, 0.4) is 0 Å². The first-order valence-electron chi connectivity index (χ1n) is 5.65. The largest absolute Gasteiger partial charge is 0.457 e. The minimum absolute atomic E-state index is 0.544. The summed E-state index contributed by atoms with van der Waals surface area (Å²) in [5.74, 6) is 1.18. The molecule has 0 saturated carbocycles. The lowest BCUT2D eigenvalue weighted by molar-refractivity contribution is 0.195. The Bertz CT molecular complexity index is 585. The zero-order chi connectivity index (χ0) is 13.0. The van der Waals surface area contributed by atoms with Gasteiger partial charge in [-0.1, -0.05) is 24.3 Å². The van der Waals surface area contributed by atoms with Crippen LogP contribution in [0.25, 0.3) is 0 Å². The molecule has 2 rings (SSSR count). The Labute approximate surface area is 106 Å². The molecule has 3 heteroatoms. The van der Waals surface area contributed by atoms with Crippen LogP contribution in [-0.2, 0) is 0 Å². The number of hydrogen-bond donors (Lipinski definition) is 1. The quantitative estimate of drug-likeness (QED) is 0.893. The second kappa shape index (κ2) is 5.35. The van der Waals surface area contributed by atoms with Crippen LogP contribution in [0.15, 0.2) is 48.5 Å². The van der Waals surface area contributed by atoms with E-state index in [0.29, 0.717) is 17.1 Å². The van der Waals surface area contributed by atoms with E-state index < -0.39 is 6.10 Å². The molecule has 18 heavy (non-hydrogen) atoms. The predicted molar refractivity (Wildman–Crippen MR) is 68.3 cm³/mol. The monoisotopic (exact) mass is 239 g/mol. The molecule has 0 radical (unpaired) electrons. The van der Waals surface area contributed by atoms with E-state index in [4.69, 9.17) is 10.00 Å². The van der Waals surface area contributed by atoms with Gasteiger partial charge in [-0.25, -0.2) is 0 Å². The Morgan fingerprint density at radius 1 is 1.17 bits per heavy atom. The Morgan fingerprint density at radius 2 is 1.94 bits per heavy atom. The molecule has 0 saturated heterocycles. The van der Waals surface area contributed by atoms with E-state index >= 15 is 0 Å². The number of para-hydroxylation sites is 1. The predicted octanol–water partition coefficient (Wildman–Crippen LogP) is 3.40. The van der Waals surface area contributed by atoms with Crippen LogP contribution in [0, 0.1) is 11.3 Å². The zero-order valence-corrected chi connectivity index (χ0v) is 10.00. The molecule has 2 aromatic rings. The molecule has 0 amide bonds. The molecule has 0 aliphatic rings. The number of hydrogen-bond acceptors (Lipinski definition) is 3. The van der Waals surface area contributed by atoms with E-state index in [0.717, 1.165) is 5.56 Å². The van der Waals surface area contributed by atoms with Crippen molar-refractivity contribution >= 4 is 0 Å². The van der Waals surface area contributed by atoms with Gasteiger partial charge in [-0.3, -0.25) is 0 Å². The van der Waals surface area contributed by atoms with Crippen molar-refractivity contribution < 1.29 is 9.84 Å². The molecular formula is C15H13NO2. The van der Waals surface area contributed by atoms with E-state index in [9.17, 15) is 5.11 Å². The highest BCUT2D eigenvalue weighted by Gasteiger charge is 2.09. The lowest BCUT2D eigenvalue weighted by Gasteiger charge is -2.12. The van der Waals surface area contributed by atoms with Gasteiger partial charge in [0.05, 0.1) is 17.7 Å². The van der Waals surface area contributed by atoms with Gasteiger partial charge in [-0.15, -0.1) is 0 Å². The summed E-state index contributed by atoms with van der Waals surface area (Å²) in [5.41, 5.74) is 1.27. The van der Waals surface area contributed by atoms with Gasteiger partial charge >= 0.3 is 0 Å². The van der Waals surface area contributed by atoms with Gasteiger partial charge in [0.15, 0.2) is 0 Å². The maximum absolute atomic E-state index is 9.65. The number of rotatable bonds is 3. The van der Waals surface area contributed by atoms with Crippen LogP contribution in [0.5, 0.6) is 11.5 Å². The van der Waals surface area contributed by atoms with Gasteiger partial charge in [0, 0.05) is 5.56 Å². The van der Waals surface area contributed by atoms with Crippen LogP contribution in [0.1, 0.15) is 24.2 Å². The van der Waals surface area contributed by atoms with Crippen LogP contribution in [0.4, 0.5) is 0 Å². The van der Waals surface area contributed by atoms with Gasteiger partial charge in [0.1, 0.15) is 11.5 Å². The van der Waals surface area contributed by atoms with Crippen molar-refractivity contribution in [1.29, 1.82) is 5.26 Å². The minimum Gasteiger partial charge on any atom is -0.457 e. The number of aliphatic hydroxyl groups is 1. The molecule has 3 nitrogen and oxygen atoms in total. The van der Waals surface area contributed by atoms with Crippen molar-refractivity contribution in [3.8, 4) is 17.6 Å². The van der Waals surface area contributed by atoms with Gasteiger partial charge in [0.2, 0.25) is 0 Å². The lowest BCUT2D eigenvalue weighted by atomic mass is 10.1. The van der Waals surface area contributed by atoms with Gasteiger partial charge in [-0.2, -0.15) is 5.26 Å². The molecular weight excluding hydrogens is 226 g/mol. The third kappa shape index (κ3) is 2.68. The van der Waals surface area contributed by atoms with Gasteiger partial charge < -0.3 is 9.84 Å². The summed E-state index contributed by atoms with van der Waals surface area (Å²) in [6, 6.07) is 16.3. The smallest absolute Gasteiger partial charge is 0.133 e. The fourth-order valence-electron chi connectivity index (χ4n) is 1.67. The Balaban J connectivity index is 2.31. The third-order valence-electron chi connectivity index (χ3n) is 2.56. The van der Waals surface area contributed by atoms with Crippen LogP contribution < -0.4 is 4.74 Å². The van der Waals surface area contributed by atoms with Crippen LogP contribution >= 0.6 is 0 Å². The highest BCUT2D eigenvalue weighted by atomic mass is 16.5. The van der Waals surface area contributed by atoms with Gasteiger partial charge in [0.25, 0.3) is 0 Å². The summed E-state index contributed by atoms with van der Waals surface area (Å²) in [7, 11) is 0. The third-order valence-corrected chi connectivity index (χ3v) is 2.56. The van der Waals surface area contributed by atoms with Crippen molar-refractivity contribution in [3.05, 3.63) is 59.7 Å². The SMILES string of the molecule is CC(O)c1ccccc1Oc1cccc(C#N)c1. The summed E-state index contributed by atoms with van der Waals surface area (Å²) in [5, 5.41) is 18.5. The van der Waals surface area contributed by atoms with Crippen LogP contribution in [-0.4, -0.2) is 5.11 Å². The van der Waals surface area contributed by atoms with Crippen molar-refractivity contribution in [1.82, 2.24) is 0 Å². The molecule has 0 aliphatic heterocycles. The molecule has 0 spiro atoms. The summed E-state index contributed by atoms with van der Waals surface area (Å²) >= 11 is 0. The molecule has 2 aromatic carbocycles. The fraction of sp³-hybridized carbons (Fsp3) is 0.133. The van der Waals surface area contributed by atoms with Crippen molar-refractivity contribution in [2.24, 2.45) is 0 Å². The van der Waals surface area contributed by atoms with Gasteiger partial charge in [-0.05, 0) is 31.2 Å². The topological polar surface area (TPSA) is 53.2 Å². The molecule has 90 valence electrons. The number of ether oxygens (including phenoxy) is 1. The second-order valence-corrected chi connectivity index (χ2v) is 3.96. The number of benzene rings is 2. The first kappa shape index (κ1) is 12.2. The van der Waals surface area contributed by atoms with E-state index in [2.05, 4.69) is 6.07 Å². The molecule has 0 bridgehead atoms. The lowest BCUT2D eigenvalue weighted by Crippen LogP contribution is -1.95.